The molecule has 0 radical (unpaired) electrons. The number of carbonyl (C=O) groups is 2. The van der Waals surface area contributed by atoms with Gasteiger partial charge in [-0.2, -0.15) is 13.2 Å². The van der Waals surface area contributed by atoms with Gasteiger partial charge in [0.05, 0.1) is 29.2 Å². The van der Waals surface area contributed by atoms with E-state index in [2.05, 4.69) is 0 Å². The topological polar surface area (TPSA) is 76.1 Å². The van der Waals surface area contributed by atoms with E-state index >= 15 is 0 Å². The number of hydrogen-bond acceptors (Lipinski definition) is 5. The Hall–Kier alpha value is -4.34. The first kappa shape index (κ1) is 32.6. The zero-order valence-electron chi connectivity index (χ0n) is 23.7. The van der Waals surface area contributed by atoms with Crippen molar-refractivity contribution in [1.29, 1.82) is 0 Å². The summed E-state index contributed by atoms with van der Waals surface area (Å²) in [5, 5.41) is 8.68. The summed E-state index contributed by atoms with van der Waals surface area (Å²) in [7, 11) is 0. The summed E-state index contributed by atoms with van der Waals surface area (Å²) in [6.07, 6.45) is -5.01. The van der Waals surface area contributed by atoms with Gasteiger partial charge in [-0.25, -0.2) is 4.79 Å². The lowest BCUT2D eigenvalue weighted by molar-refractivity contribution is -0.138. The second-order valence-electron chi connectivity index (χ2n) is 10.1. The minimum Gasteiger partial charge on any atom is -0.494 e. The quantitative estimate of drug-likeness (QED) is 0.114. The predicted octanol–water partition coefficient (Wildman–Crippen LogP) is 7.86. The van der Waals surface area contributed by atoms with E-state index in [-0.39, 0.29) is 36.7 Å². The highest BCUT2D eigenvalue weighted by Crippen LogP contribution is 2.37. The highest BCUT2D eigenvalue weighted by Gasteiger charge is 2.34. The standard InChI is InChI=1S/C34H31ClF3NO5/c35-32-27(15-8-17-29(32)34(36,37)38)22-39(18-9-19-43-28-16-7-10-24(20-28)21-31(40)41)23-30(25-11-3-1-4-12-25)44-33(42)26-13-5-2-6-14-26/h1-8,10-17,20,30H,9,18-19,21-23H2,(H,40,41). The number of carbonyl (C=O) groups excluding carboxylic acids is 1. The van der Waals surface area contributed by atoms with Gasteiger partial charge in [-0.3, -0.25) is 9.69 Å². The van der Waals surface area contributed by atoms with Gasteiger partial charge in [-0.15, -0.1) is 0 Å². The number of rotatable bonds is 14. The number of alkyl halides is 3. The Labute approximate surface area is 258 Å². The zero-order chi connectivity index (χ0) is 31.5. The van der Waals surface area contributed by atoms with E-state index in [0.717, 1.165) is 11.6 Å². The van der Waals surface area contributed by atoms with Gasteiger partial charge < -0.3 is 14.6 Å². The van der Waals surface area contributed by atoms with Crippen LogP contribution in [-0.4, -0.2) is 41.6 Å². The first-order valence-corrected chi connectivity index (χ1v) is 14.3. The van der Waals surface area contributed by atoms with Crippen molar-refractivity contribution in [2.24, 2.45) is 0 Å². The summed E-state index contributed by atoms with van der Waals surface area (Å²) >= 11 is 6.25. The molecule has 4 rings (SSSR count). The average molecular weight is 626 g/mol. The SMILES string of the molecule is O=C(O)Cc1cccc(OCCCN(Cc2cccc(C(F)(F)F)c2Cl)CC(OC(=O)c2ccccc2)c2ccccc2)c1. The number of benzene rings is 4. The fourth-order valence-electron chi connectivity index (χ4n) is 4.68. The van der Waals surface area contributed by atoms with E-state index < -0.39 is 29.8 Å². The highest BCUT2D eigenvalue weighted by atomic mass is 35.5. The lowest BCUT2D eigenvalue weighted by atomic mass is 10.1. The molecule has 4 aromatic carbocycles. The summed E-state index contributed by atoms with van der Waals surface area (Å²) in [5.41, 5.74) is 1.06. The fourth-order valence-corrected chi connectivity index (χ4v) is 4.97. The second kappa shape index (κ2) is 15.4. The first-order valence-electron chi connectivity index (χ1n) is 13.9. The van der Waals surface area contributed by atoms with E-state index in [4.69, 9.17) is 26.2 Å². The molecule has 1 N–H and O–H groups in total. The van der Waals surface area contributed by atoms with Crippen molar-refractivity contribution in [3.63, 3.8) is 0 Å². The molecule has 0 heterocycles. The van der Waals surface area contributed by atoms with Crippen molar-refractivity contribution in [3.05, 3.63) is 136 Å². The molecule has 1 atom stereocenters. The van der Waals surface area contributed by atoms with Crippen molar-refractivity contribution in [1.82, 2.24) is 4.90 Å². The molecule has 10 heteroatoms. The van der Waals surface area contributed by atoms with Crippen molar-refractivity contribution in [2.45, 2.75) is 31.7 Å². The van der Waals surface area contributed by atoms with Gasteiger partial charge in [-0.1, -0.05) is 84.4 Å². The smallest absolute Gasteiger partial charge is 0.417 e. The van der Waals surface area contributed by atoms with E-state index in [1.807, 2.05) is 35.2 Å². The van der Waals surface area contributed by atoms with Gasteiger partial charge >= 0.3 is 18.1 Å². The van der Waals surface area contributed by atoms with Gasteiger partial charge in [0, 0.05) is 19.6 Å². The number of carboxylic acids is 1. The van der Waals surface area contributed by atoms with Crippen LogP contribution in [0.1, 0.15) is 45.1 Å². The molecule has 0 saturated heterocycles. The summed E-state index contributed by atoms with van der Waals surface area (Å²) in [4.78, 5) is 26.0. The van der Waals surface area contributed by atoms with Crippen LogP contribution in [-0.2, 0) is 28.7 Å². The van der Waals surface area contributed by atoms with Gasteiger partial charge in [-0.05, 0) is 53.4 Å². The molecule has 1 unspecified atom stereocenters. The van der Waals surface area contributed by atoms with E-state index in [1.165, 1.54) is 6.07 Å². The van der Waals surface area contributed by atoms with Crippen molar-refractivity contribution in [3.8, 4) is 5.75 Å². The molecular formula is C34H31ClF3NO5. The third-order valence-electron chi connectivity index (χ3n) is 6.77. The molecule has 0 aromatic heterocycles. The first-order chi connectivity index (χ1) is 21.1. The van der Waals surface area contributed by atoms with E-state index in [9.17, 15) is 22.8 Å². The summed E-state index contributed by atoms with van der Waals surface area (Å²) < 4.78 is 52.6. The van der Waals surface area contributed by atoms with Crippen LogP contribution in [0.4, 0.5) is 13.2 Å². The van der Waals surface area contributed by atoms with Crippen LogP contribution in [0.3, 0.4) is 0 Å². The molecular weight excluding hydrogens is 595 g/mol. The summed E-state index contributed by atoms with van der Waals surface area (Å²) in [6.45, 7) is 0.850. The number of ether oxygens (including phenoxy) is 2. The fraction of sp³-hybridized carbons (Fsp3) is 0.235. The lowest BCUT2D eigenvalue weighted by Gasteiger charge is -2.28. The molecule has 0 aliphatic carbocycles. The third kappa shape index (κ3) is 9.59. The lowest BCUT2D eigenvalue weighted by Crippen LogP contribution is -2.32. The van der Waals surface area contributed by atoms with Gasteiger partial charge in [0.2, 0.25) is 0 Å². The largest absolute Gasteiger partial charge is 0.494 e. The Balaban J connectivity index is 1.54. The predicted molar refractivity (Wildman–Crippen MR) is 161 cm³/mol. The van der Waals surface area contributed by atoms with Crippen molar-refractivity contribution < 1.29 is 37.3 Å². The Bertz CT molecular complexity index is 1530. The Kier molecular flexibility index (Phi) is 11.4. The molecule has 6 nitrogen and oxygen atoms in total. The summed E-state index contributed by atoms with van der Waals surface area (Å²) in [6, 6.07) is 28.3. The molecule has 0 fully saturated rings. The molecule has 0 bridgehead atoms. The van der Waals surface area contributed by atoms with E-state index in [1.54, 1.807) is 60.7 Å². The van der Waals surface area contributed by atoms with Crippen LogP contribution in [0.2, 0.25) is 5.02 Å². The highest BCUT2D eigenvalue weighted by molar-refractivity contribution is 6.32. The number of carboxylic acid groups (broad SMARTS) is 1. The molecule has 230 valence electrons. The second-order valence-corrected chi connectivity index (χ2v) is 10.5. The average Bonchev–Trinajstić information content (AvgIpc) is 3.00. The van der Waals surface area contributed by atoms with Crippen LogP contribution in [0.15, 0.2) is 103 Å². The Morgan fingerprint density at radius 3 is 2.25 bits per heavy atom. The van der Waals surface area contributed by atoms with Crippen LogP contribution < -0.4 is 4.74 Å². The van der Waals surface area contributed by atoms with Gasteiger partial charge in [0.25, 0.3) is 0 Å². The number of halogens is 4. The summed E-state index contributed by atoms with van der Waals surface area (Å²) in [5.74, 6) is -0.969. The zero-order valence-corrected chi connectivity index (χ0v) is 24.4. The number of aliphatic carboxylic acids is 1. The normalized spacial score (nSPS) is 12.1. The van der Waals surface area contributed by atoms with Crippen LogP contribution in [0.5, 0.6) is 5.75 Å². The molecule has 0 aliphatic rings. The molecule has 0 amide bonds. The minimum absolute atomic E-state index is 0.0586. The molecule has 0 aliphatic heterocycles. The third-order valence-corrected chi connectivity index (χ3v) is 7.22. The molecule has 0 spiro atoms. The van der Waals surface area contributed by atoms with Gasteiger partial charge in [0.15, 0.2) is 0 Å². The van der Waals surface area contributed by atoms with Crippen LogP contribution in [0, 0.1) is 0 Å². The monoisotopic (exact) mass is 625 g/mol. The molecule has 44 heavy (non-hydrogen) atoms. The maximum absolute atomic E-state index is 13.6. The van der Waals surface area contributed by atoms with Crippen LogP contribution >= 0.6 is 11.6 Å². The Morgan fingerprint density at radius 2 is 1.57 bits per heavy atom. The van der Waals surface area contributed by atoms with E-state index in [0.29, 0.717) is 29.8 Å². The van der Waals surface area contributed by atoms with Crippen molar-refractivity contribution >= 4 is 23.5 Å². The van der Waals surface area contributed by atoms with Gasteiger partial charge in [0.1, 0.15) is 11.9 Å². The Morgan fingerprint density at radius 1 is 0.886 bits per heavy atom. The van der Waals surface area contributed by atoms with Crippen molar-refractivity contribution in [2.75, 3.05) is 19.7 Å². The maximum atomic E-state index is 13.6. The number of nitrogens with zero attached hydrogens (tertiary/aromatic N) is 1. The van der Waals surface area contributed by atoms with Crippen LogP contribution in [0.25, 0.3) is 0 Å². The molecule has 0 saturated carbocycles. The minimum atomic E-state index is -4.61. The number of esters is 1. The number of hydrogen-bond donors (Lipinski definition) is 1. The maximum Gasteiger partial charge on any atom is 0.417 e. The molecule has 4 aromatic rings.